The van der Waals surface area contributed by atoms with Gasteiger partial charge in [-0.15, -0.1) is 0 Å². The number of nitrogens with zero attached hydrogens (tertiary/aromatic N) is 4. The topological polar surface area (TPSA) is 61.4 Å². The minimum absolute atomic E-state index is 0.209. The number of carbonyl (C=O) groups excluding carboxylic acids is 1. The summed E-state index contributed by atoms with van der Waals surface area (Å²) in [5, 5.41) is 3.69. The summed E-state index contributed by atoms with van der Waals surface area (Å²) in [4.78, 5) is 26.2. The van der Waals surface area contributed by atoms with Gasteiger partial charge in [0.1, 0.15) is 11.6 Å². The largest absolute Gasteiger partial charge is 0.353 e. The maximum atomic E-state index is 12.8. The maximum Gasteiger partial charge on any atom is 0.322 e. The Bertz CT molecular complexity index is 1140. The maximum absolute atomic E-state index is 12.8. The molecule has 1 fully saturated rings. The molecule has 2 aromatic carbocycles. The third kappa shape index (κ3) is 5.40. The molecule has 3 aromatic rings. The highest BCUT2D eigenvalue weighted by Gasteiger charge is 2.25. The van der Waals surface area contributed by atoms with Crippen LogP contribution in [0.1, 0.15) is 28.2 Å². The first-order valence-electron chi connectivity index (χ1n) is 11.0. The van der Waals surface area contributed by atoms with E-state index in [2.05, 4.69) is 46.4 Å². The Morgan fingerprint density at radius 3 is 2.21 bits per heavy atom. The van der Waals surface area contributed by atoms with E-state index in [1.807, 2.05) is 13.8 Å². The molecule has 4 rings (SSSR count). The first kappa shape index (κ1) is 23.3. The summed E-state index contributed by atoms with van der Waals surface area (Å²) in [5.74, 6) is 1.71. The van der Waals surface area contributed by atoms with Gasteiger partial charge in [-0.1, -0.05) is 59.1 Å². The lowest BCUT2D eigenvalue weighted by Gasteiger charge is -2.36. The molecule has 6 nitrogen and oxygen atoms in total. The first-order chi connectivity index (χ1) is 15.8. The van der Waals surface area contributed by atoms with Gasteiger partial charge in [0, 0.05) is 43.9 Å². The summed E-state index contributed by atoms with van der Waals surface area (Å²) >= 11 is 12.4. The van der Waals surface area contributed by atoms with E-state index in [1.54, 1.807) is 23.1 Å². The van der Waals surface area contributed by atoms with Crippen molar-refractivity contribution in [2.45, 2.75) is 27.2 Å². The third-order valence-electron chi connectivity index (χ3n) is 5.87. The molecule has 1 saturated heterocycles. The van der Waals surface area contributed by atoms with Gasteiger partial charge in [0.15, 0.2) is 0 Å². The minimum Gasteiger partial charge on any atom is -0.353 e. The van der Waals surface area contributed by atoms with E-state index < -0.39 is 0 Å². The number of rotatable bonds is 4. The fourth-order valence-electron chi connectivity index (χ4n) is 4.02. The van der Waals surface area contributed by atoms with Crippen molar-refractivity contribution in [1.29, 1.82) is 0 Å². The highest BCUT2D eigenvalue weighted by molar-refractivity contribution is 6.39. The predicted molar refractivity (Wildman–Crippen MR) is 135 cm³/mol. The molecule has 1 aliphatic rings. The van der Waals surface area contributed by atoms with Crippen LogP contribution in [0.5, 0.6) is 0 Å². The molecule has 1 aliphatic heterocycles. The van der Waals surface area contributed by atoms with E-state index in [4.69, 9.17) is 28.2 Å². The summed E-state index contributed by atoms with van der Waals surface area (Å²) in [5.41, 5.74) is 5.03. The number of halogens is 2. The molecule has 172 valence electrons. The molecule has 0 saturated carbocycles. The molecule has 33 heavy (non-hydrogen) atoms. The van der Waals surface area contributed by atoms with Crippen molar-refractivity contribution in [3.8, 4) is 0 Å². The van der Waals surface area contributed by atoms with Crippen LogP contribution in [-0.2, 0) is 6.42 Å². The van der Waals surface area contributed by atoms with Crippen molar-refractivity contribution in [1.82, 2.24) is 14.9 Å². The van der Waals surface area contributed by atoms with Crippen LogP contribution in [0.15, 0.2) is 42.5 Å². The van der Waals surface area contributed by atoms with E-state index >= 15 is 0 Å². The summed E-state index contributed by atoms with van der Waals surface area (Å²) in [6.07, 6.45) is 0.771. The molecule has 0 radical (unpaired) electrons. The summed E-state index contributed by atoms with van der Waals surface area (Å²) in [6.45, 7) is 8.55. The summed E-state index contributed by atoms with van der Waals surface area (Å²) < 4.78 is 0. The standard InChI is InChI=1S/C25H27Cl2N5O/c1-16-7-9-19(10-8-16)15-20-17(2)28-18(3)29-24(20)31-11-13-32(14-12-31)25(33)30-23-21(26)5-4-6-22(23)27/h4-10H,11-15H2,1-3H3,(H,30,33). The zero-order chi connectivity index (χ0) is 23.5. The molecule has 1 aromatic heterocycles. The van der Waals surface area contributed by atoms with Crippen LogP contribution in [0.3, 0.4) is 0 Å². The molecule has 0 spiro atoms. The van der Waals surface area contributed by atoms with Crippen LogP contribution in [-0.4, -0.2) is 47.1 Å². The molecule has 0 bridgehead atoms. The minimum atomic E-state index is -0.209. The van der Waals surface area contributed by atoms with Gasteiger partial charge in [-0.3, -0.25) is 0 Å². The number of amides is 2. The smallest absolute Gasteiger partial charge is 0.322 e. The molecule has 2 heterocycles. The third-order valence-corrected chi connectivity index (χ3v) is 6.50. The van der Waals surface area contributed by atoms with Gasteiger partial charge in [0.25, 0.3) is 0 Å². The second kappa shape index (κ2) is 9.98. The van der Waals surface area contributed by atoms with Gasteiger partial charge >= 0.3 is 6.03 Å². The number of urea groups is 1. The molecular weight excluding hydrogens is 457 g/mol. The van der Waals surface area contributed by atoms with E-state index in [1.165, 1.54) is 11.1 Å². The van der Waals surface area contributed by atoms with Crippen molar-refractivity contribution < 1.29 is 4.79 Å². The van der Waals surface area contributed by atoms with Crippen molar-refractivity contribution in [2.24, 2.45) is 0 Å². The number of aryl methyl sites for hydroxylation is 3. The molecule has 8 heteroatoms. The Morgan fingerprint density at radius 2 is 1.58 bits per heavy atom. The lowest BCUT2D eigenvalue weighted by atomic mass is 10.0. The number of anilines is 2. The highest BCUT2D eigenvalue weighted by atomic mass is 35.5. The van der Waals surface area contributed by atoms with E-state index in [0.717, 1.165) is 29.3 Å². The lowest BCUT2D eigenvalue weighted by Crippen LogP contribution is -2.50. The quantitative estimate of drug-likeness (QED) is 0.520. The van der Waals surface area contributed by atoms with Crippen molar-refractivity contribution >= 4 is 40.7 Å². The van der Waals surface area contributed by atoms with Crippen LogP contribution in [0, 0.1) is 20.8 Å². The molecule has 1 N–H and O–H groups in total. The average molecular weight is 484 g/mol. The second-order valence-electron chi connectivity index (χ2n) is 8.32. The number of carbonyl (C=O) groups is 1. The number of para-hydroxylation sites is 1. The number of benzene rings is 2. The fourth-order valence-corrected chi connectivity index (χ4v) is 4.51. The highest BCUT2D eigenvalue weighted by Crippen LogP contribution is 2.30. The second-order valence-corrected chi connectivity index (χ2v) is 9.14. The van der Waals surface area contributed by atoms with Crippen molar-refractivity contribution in [3.63, 3.8) is 0 Å². The number of hydrogen-bond acceptors (Lipinski definition) is 4. The summed E-state index contributed by atoms with van der Waals surface area (Å²) in [7, 11) is 0. The van der Waals surface area contributed by atoms with Gasteiger partial charge in [0.05, 0.1) is 15.7 Å². The van der Waals surface area contributed by atoms with Crippen LogP contribution < -0.4 is 10.2 Å². The number of nitrogens with one attached hydrogen (secondary N) is 1. The van der Waals surface area contributed by atoms with Crippen LogP contribution in [0.2, 0.25) is 10.0 Å². The van der Waals surface area contributed by atoms with Gasteiger partial charge in [-0.2, -0.15) is 0 Å². The van der Waals surface area contributed by atoms with Crippen molar-refractivity contribution in [2.75, 3.05) is 36.4 Å². The molecule has 0 unspecified atom stereocenters. The molecular formula is C25H27Cl2N5O. The van der Waals surface area contributed by atoms with Crippen molar-refractivity contribution in [3.05, 3.63) is 80.7 Å². The monoisotopic (exact) mass is 483 g/mol. The Balaban J connectivity index is 1.48. The fraction of sp³-hybridized carbons (Fsp3) is 0.320. The molecule has 2 amide bonds. The average Bonchev–Trinajstić information content (AvgIpc) is 2.79. The Hall–Kier alpha value is -2.83. The van der Waals surface area contributed by atoms with Gasteiger partial charge in [-0.05, 0) is 38.5 Å². The van der Waals surface area contributed by atoms with Gasteiger partial charge in [0.2, 0.25) is 0 Å². The molecule has 0 atom stereocenters. The van der Waals surface area contributed by atoms with E-state index in [0.29, 0.717) is 41.9 Å². The zero-order valence-electron chi connectivity index (χ0n) is 19.0. The summed E-state index contributed by atoms with van der Waals surface area (Å²) in [6, 6.07) is 13.5. The van der Waals surface area contributed by atoms with E-state index in [-0.39, 0.29) is 6.03 Å². The number of hydrogen-bond donors (Lipinski definition) is 1. The van der Waals surface area contributed by atoms with Crippen LogP contribution in [0.4, 0.5) is 16.3 Å². The van der Waals surface area contributed by atoms with E-state index in [9.17, 15) is 4.79 Å². The predicted octanol–water partition coefficient (Wildman–Crippen LogP) is 5.65. The Labute approximate surface area is 204 Å². The van der Waals surface area contributed by atoms with Gasteiger partial charge < -0.3 is 15.1 Å². The SMILES string of the molecule is Cc1ccc(Cc2c(C)nc(C)nc2N2CCN(C(=O)Nc3c(Cl)cccc3Cl)CC2)cc1. The first-order valence-corrected chi connectivity index (χ1v) is 11.7. The zero-order valence-corrected chi connectivity index (χ0v) is 20.5. The molecule has 0 aliphatic carbocycles. The number of piperazine rings is 1. The van der Waals surface area contributed by atoms with Crippen LogP contribution >= 0.6 is 23.2 Å². The Kier molecular flexibility index (Phi) is 7.05. The van der Waals surface area contributed by atoms with Crippen LogP contribution in [0.25, 0.3) is 0 Å². The lowest BCUT2D eigenvalue weighted by molar-refractivity contribution is 0.208. The number of aromatic nitrogens is 2. The normalized spacial score (nSPS) is 13.8. The van der Waals surface area contributed by atoms with Gasteiger partial charge in [-0.25, -0.2) is 14.8 Å². The Morgan fingerprint density at radius 1 is 0.939 bits per heavy atom.